The highest BCUT2D eigenvalue weighted by molar-refractivity contribution is 6.33. The lowest BCUT2D eigenvalue weighted by Gasteiger charge is -2.09. The van der Waals surface area contributed by atoms with Crippen molar-refractivity contribution in [3.63, 3.8) is 0 Å². The van der Waals surface area contributed by atoms with Crippen LogP contribution < -0.4 is 10.1 Å². The zero-order chi connectivity index (χ0) is 21.3. The van der Waals surface area contributed by atoms with Crippen LogP contribution in [-0.2, 0) is 4.79 Å². The molecule has 4 rings (SSSR count). The van der Waals surface area contributed by atoms with E-state index >= 15 is 0 Å². The summed E-state index contributed by atoms with van der Waals surface area (Å²) in [6.45, 7) is 5.90. The van der Waals surface area contributed by atoms with Gasteiger partial charge in [0.15, 0.2) is 12.2 Å². The molecule has 0 spiro atoms. The first kappa shape index (κ1) is 20.0. The molecule has 1 heterocycles. The summed E-state index contributed by atoms with van der Waals surface area (Å²) in [5, 5.41) is 3.31. The highest BCUT2D eigenvalue weighted by Gasteiger charge is 2.15. The van der Waals surface area contributed by atoms with Gasteiger partial charge in [0.05, 0.1) is 10.6 Å². The van der Waals surface area contributed by atoms with Crippen LogP contribution in [0.15, 0.2) is 59.0 Å². The van der Waals surface area contributed by atoms with Crippen molar-refractivity contribution in [3.8, 4) is 17.2 Å². The molecule has 0 aliphatic heterocycles. The van der Waals surface area contributed by atoms with Crippen LogP contribution in [0.3, 0.4) is 0 Å². The Bertz CT molecular complexity index is 1230. The predicted octanol–water partition coefficient (Wildman–Crippen LogP) is 6.09. The Morgan fingerprint density at radius 3 is 2.57 bits per heavy atom. The average Bonchev–Trinajstić information content (AvgIpc) is 3.13. The van der Waals surface area contributed by atoms with Gasteiger partial charge in [-0.2, -0.15) is 0 Å². The van der Waals surface area contributed by atoms with Gasteiger partial charge in [-0.15, -0.1) is 0 Å². The lowest BCUT2D eigenvalue weighted by molar-refractivity contribution is -0.118. The molecular formula is C24H21ClN2O3. The smallest absolute Gasteiger partial charge is 0.262 e. The molecule has 0 unspecified atom stereocenters. The summed E-state index contributed by atoms with van der Waals surface area (Å²) < 4.78 is 11.5. The summed E-state index contributed by atoms with van der Waals surface area (Å²) >= 11 is 6.38. The monoisotopic (exact) mass is 420 g/mol. The third-order valence-electron chi connectivity index (χ3n) is 4.69. The maximum absolute atomic E-state index is 12.3. The van der Waals surface area contributed by atoms with Crippen LogP contribution in [0.25, 0.3) is 22.6 Å². The van der Waals surface area contributed by atoms with Crippen LogP contribution in [0.5, 0.6) is 5.75 Å². The molecule has 0 fully saturated rings. The van der Waals surface area contributed by atoms with Crippen molar-refractivity contribution >= 4 is 34.3 Å². The van der Waals surface area contributed by atoms with Crippen molar-refractivity contribution in [1.29, 1.82) is 0 Å². The van der Waals surface area contributed by atoms with Crippen molar-refractivity contribution < 1.29 is 13.9 Å². The van der Waals surface area contributed by atoms with E-state index in [0.717, 1.165) is 27.8 Å². The van der Waals surface area contributed by atoms with Crippen LogP contribution in [0.1, 0.15) is 16.7 Å². The van der Waals surface area contributed by atoms with Crippen LogP contribution in [0, 0.1) is 20.8 Å². The second kappa shape index (κ2) is 8.20. The lowest BCUT2D eigenvalue weighted by Crippen LogP contribution is -2.20. The van der Waals surface area contributed by atoms with Gasteiger partial charge in [-0.3, -0.25) is 4.79 Å². The van der Waals surface area contributed by atoms with Crippen LogP contribution in [0.2, 0.25) is 5.02 Å². The number of benzene rings is 3. The fourth-order valence-electron chi connectivity index (χ4n) is 3.24. The number of nitrogens with one attached hydrogen (secondary N) is 1. The molecule has 1 N–H and O–H groups in total. The third kappa shape index (κ3) is 4.31. The number of ether oxygens (including phenoxy) is 1. The summed E-state index contributed by atoms with van der Waals surface area (Å²) in [5.74, 6) is 0.785. The van der Waals surface area contributed by atoms with E-state index in [-0.39, 0.29) is 12.5 Å². The Labute approximate surface area is 179 Å². The maximum atomic E-state index is 12.3. The largest absolute Gasteiger partial charge is 0.484 e. The average molecular weight is 421 g/mol. The highest BCUT2D eigenvalue weighted by atomic mass is 35.5. The van der Waals surface area contributed by atoms with Crippen LogP contribution >= 0.6 is 11.6 Å². The molecule has 5 nitrogen and oxygen atoms in total. The van der Waals surface area contributed by atoms with Crippen molar-refractivity contribution in [2.75, 3.05) is 11.9 Å². The number of rotatable bonds is 5. The van der Waals surface area contributed by atoms with Crippen molar-refractivity contribution in [3.05, 3.63) is 76.3 Å². The van der Waals surface area contributed by atoms with E-state index in [1.807, 2.05) is 57.2 Å². The molecule has 0 saturated carbocycles. The first-order chi connectivity index (χ1) is 14.4. The molecule has 1 aromatic heterocycles. The SMILES string of the molecule is Cc1ccc(OCC(=O)Nc2ccc(Cl)c(-c3nc4cc(C)cc(C)c4o3)c2)cc1. The van der Waals surface area contributed by atoms with Gasteiger partial charge in [-0.05, 0) is 68.3 Å². The number of amides is 1. The summed E-state index contributed by atoms with van der Waals surface area (Å²) in [5.41, 5.74) is 5.96. The van der Waals surface area contributed by atoms with E-state index in [2.05, 4.69) is 10.3 Å². The Kier molecular flexibility index (Phi) is 5.46. The summed E-state index contributed by atoms with van der Waals surface area (Å²) in [6, 6.07) is 16.7. The molecule has 1 amide bonds. The van der Waals surface area contributed by atoms with Gasteiger partial charge < -0.3 is 14.5 Å². The Morgan fingerprint density at radius 2 is 1.80 bits per heavy atom. The Balaban J connectivity index is 1.52. The predicted molar refractivity (Wildman–Crippen MR) is 119 cm³/mol. The van der Waals surface area contributed by atoms with E-state index in [1.165, 1.54) is 0 Å². The molecule has 6 heteroatoms. The minimum Gasteiger partial charge on any atom is -0.484 e. The summed E-state index contributed by atoms with van der Waals surface area (Å²) in [4.78, 5) is 16.9. The molecule has 4 aromatic rings. The van der Waals surface area contributed by atoms with E-state index < -0.39 is 0 Å². The van der Waals surface area contributed by atoms with Gasteiger partial charge in [0.1, 0.15) is 11.3 Å². The zero-order valence-corrected chi connectivity index (χ0v) is 17.7. The van der Waals surface area contributed by atoms with Crippen molar-refractivity contribution in [1.82, 2.24) is 4.98 Å². The number of halogens is 1. The molecule has 0 saturated heterocycles. The maximum Gasteiger partial charge on any atom is 0.262 e. The fourth-order valence-corrected chi connectivity index (χ4v) is 3.44. The number of fused-ring (bicyclic) bond motifs is 1. The van der Waals surface area contributed by atoms with Crippen molar-refractivity contribution in [2.24, 2.45) is 0 Å². The fraction of sp³-hybridized carbons (Fsp3) is 0.167. The number of carbonyl (C=O) groups is 1. The molecule has 3 aromatic carbocycles. The van der Waals surface area contributed by atoms with Crippen LogP contribution in [0.4, 0.5) is 5.69 Å². The first-order valence-electron chi connectivity index (χ1n) is 9.56. The minimum absolute atomic E-state index is 0.0949. The van der Waals surface area contributed by atoms with Gasteiger partial charge in [0.25, 0.3) is 5.91 Å². The normalized spacial score (nSPS) is 10.9. The number of aromatic nitrogens is 1. The number of hydrogen-bond donors (Lipinski definition) is 1. The number of aryl methyl sites for hydroxylation is 3. The molecule has 0 atom stereocenters. The van der Waals surface area contributed by atoms with E-state index in [0.29, 0.717) is 27.9 Å². The Hall–Kier alpha value is -3.31. The second-order valence-electron chi connectivity index (χ2n) is 7.29. The quantitative estimate of drug-likeness (QED) is 0.424. The third-order valence-corrected chi connectivity index (χ3v) is 5.02. The molecule has 0 bridgehead atoms. The van der Waals surface area contributed by atoms with Crippen molar-refractivity contribution in [2.45, 2.75) is 20.8 Å². The number of oxazole rings is 1. The van der Waals surface area contributed by atoms with E-state index in [1.54, 1.807) is 18.2 Å². The highest BCUT2D eigenvalue weighted by Crippen LogP contribution is 2.33. The van der Waals surface area contributed by atoms with Gasteiger partial charge in [0.2, 0.25) is 5.89 Å². The Morgan fingerprint density at radius 1 is 1.03 bits per heavy atom. The number of hydrogen-bond acceptors (Lipinski definition) is 4. The zero-order valence-electron chi connectivity index (χ0n) is 17.0. The molecular weight excluding hydrogens is 400 g/mol. The number of anilines is 1. The van der Waals surface area contributed by atoms with E-state index in [9.17, 15) is 4.79 Å². The standard InChI is InChI=1S/C24H21ClN2O3/c1-14-4-7-18(8-5-14)29-13-22(28)26-17-6-9-20(25)19(12-17)24-27-21-11-15(2)10-16(3)23(21)30-24/h4-12H,13H2,1-3H3,(H,26,28). The van der Waals surface area contributed by atoms with Gasteiger partial charge in [0, 0.05) is 5.69 Å². The second-order valence-corrected chi connectivity index (χ2v) is 7.70. The molecule has 30 heavy (non-hydrogen) atoms. The van der Waals surface area contributed by atoms with Gasteiger partial charge >= 0.3 is 0 Å². The van der Waals surface area contributed by atoms with Crippen LogP contribution in [-0.4, -0.2) is 17.5 Å². The van der Waals surface area contributed by atoms with Gasteiger partial charge in [-0.1, -0.05) is 35.4 Å². The topological polar surface area (TPSA) is 64.4 Å². The summed E-state index contributed by atoms with van der Waals surface area (Å²) in [7, 11) is 0. The van der Waals surface area contributed by atoms with E-state index in [4.69, 9.17) is 20.8 Å². The number of nitrogens with zero attached hydrogens (tertiary/aromatic N) is 1. The van der Waals surface area contributed by atoms with Gasteiger partial charge in [-0.25, -0.2) is 4.98 Å². The first-order valence-corrected chi connectivity index (χ1v) is 9.94. The minimum atomic E-state index is -0.270. The number of carbonyl (C=O) groups excluding carboxylic acids is 1. The summed E-state index contributed by atoms with van der Waals surface area (Å²) in [6.07, 6.45) is 0. The molecule has 0 aliphatic rings. The molecule has 0 aliphatic carbocycles. The lowest BCUT2D eigenvalue weighted by atomic mass is 10.1. The molecule has 0 radical (unpaired) electrons. The molecule has 152 valence electrons.